The van der Waals surface area contributed by atoms with E-state index in [1.807, 2.05) is 0 Å². The number of hydrogen-bond donors (Lipinski definition) is 0. The summed E-state index contributed by atoms with van der Waals surface area (Å²) in [6.07, 6.45) is 6.10. The predicted molar refractivity (Wildman–Crippen MR) is 27.6 cm³/mol. The minimum atomic E-state index is -0.260. The van der Waals surface area contributed by atoms with E-state index in [1.54, 1.807) is 6.08 Å². The Labute approximate surface area is 47.1 Å². The number of rotatable bonds is 1. The molecular weight excluding hydrogens is 104 g/mol. The second kappa shape index (κ2) is 2.17. The molecule has 0 aromatic carbocycles. The molecule has 0 spiro atoms. The monoisotopic (exact) mass is 108 g/mol. The fourth-order valence-electron chi connectivity index (χ4n) is 0.388. The van der Waals surface area contributed by atoms with Crippen molar-refractivity contribution in [2.45, 2.75) is 0 Å². The van der Waals surface area contributed by atoms with Gasteiger partial charge in [-0.25, -0.2) is 0 Å². The quantitative estimate of drug-likeness (QED) is 0.357. The van der Waals surface area contributed by atoms with Gasteiger partial charge in [0.2, 0.25) is 0 Å². The molecule has 1 aliphatic heterocycles. The van der Waals surface area contributed by atoms with E-state index < -0.39 is 0 Å². The van der Waals surface area contributed by atoms with Crippen molar-refractivity contribution in [3.05, 3.63) is 12.3 Å². The average Bonchev–Trinajstić information content (AvgIpc) is 1.90. The van der Waals surface area contributed by atoms with E-state index in [-0.39, 0.29) is 5.92 Å². The van der Waals surface area contributed by atoms with Gasteiger partial charge in [0.05, 0.1) is 0 Å². The summed E-state index contributed by atoms with van der Waals surface area (Å²) in [5.41, 5.74) is 0. The van der Waals surface area contributed by atoms with Gasteiger partial charge in [-0.05, 0) is 12.0 Å². The molecule has 0 saturated carbocycles. The van der Waals surface area contributed by atoms with Crippen molar-refractivity contribution in [3.63, 3.8) is 0 Å². The second-order valence-corrected chi connectivity index (χ2v) is 1.35. The van der Waals surface area contributed by atoms with Crippen molar-refractivity contribution in [1.29, 1.82) is 0 Å². The first-order chi connectivity index (χ1) is 3.93. The molecule has 40 valence electrons. The Morgan fingerprint density at radius 1 is 1.75 bits per heavy atom. The van der Waals surface area contributed by atoms with E-state index in [0.717, 1.165) is 6.29 Å². The van der Waals surface area contributed by atoms with Gasteiger partial charge in [-0.15, -0.1) is 0 Å². The minimum Gasteiger partial charge on any atom is -0.416 e. The van der Waals surface area contributed by atoms with Crippen LogP contribution in [0.5, 0.6) is 0 Å². The highest BCUT2D eigenvalue weighted by Gasteiger charge is 1.97. The fourth-order valence-corrected chi connectivity index (χ4v) is 0.388. The Hall–Kier alpha value is -1.23. The topological polar surface area (TPSA) is 26.3 Å². The first-order valence-corrected chi connectivity index (χ1v) is 2.21. The van der Waals surface area contributed by atoms with Crippen LogP contribution >= 0.6 is 0 Å². The molecule has 1 aliphatic rings. The highest BCUT2D eigenvalue weighted by molar-refractivity contribution is 5.61. The maximum atomic E-state index is 9.95. The molecule has 2 heteroatoms. The smallest absolute Gasteiger partial charge is 0.139 e. The van der Waals surface area contributed by atoms with Crippen LogP contribution in [0, 0.1) is 17.9 Å². The molecule has 8 heavy (non-hydrogen) atoms. The van der Waals surface area contributed by atoms with Crippen molar-refractivity contribution in [1.82, 2.24) is 0 Å². The molecule has 0 aromatic heterocycles. The zero-order valence-corrected chi connectivity index (χ0v) is 4.13. The number of aldehydes is 1. The van der Waals surface area contributed by atoms with Crippen LogP contribution in [0.2, 0.25) is 0 Å². The molecule has 0 amide bonds. The molecular formula is C6H4O2. The first kappa shape index (κ1) is 4.92. The van der Waals surface area contributed by atoms with Gasteiger partial charge in [-0.1, -0.05) is 0 Å². The Bertz CT molecular complexity index is 171. The van der Waals surface area contributed by atoms with Gasteiger partial charge in [0.25, 0.3) is 0 Å². The largest absolute Gasteiger partial charge is 0.416 e. The molecule has 0 N–H and O–H groups in total. The number of hydrogen-bond acceptors (Lipinski definition) is 2. The van der Waals surface area contributed by atoms with E-state index in [0.29, 0.717) is 0 Å². The standard InChI is InChI=1S/C6H4O2/c7-5-6-1-3-8-4-2-6/h1,3,5-6H. The molecule has 0 aliphatic carbocycles. The molecule has 0 fully saturated rings. The summed E-state index contributed by atoms with van der Waals surface area (Å²) in [4.78, 5) is 9.95. The highest BCUT2D eigenvalue weighted by atomic mass is 16.5. The summed E-state index contributed by atoms with van der Waals surface area (Å²) >= 11 is 0. The molecule has 0 saturated heterocycles. The molecule has 0 radical (unpaired) electrons. The van der Waals surface area contributed by atoms with Crippen molar-refractivity contribution in [2.75, 3.05) is 0 Å². The zero-order valence-electron chi connectivity index (χ0n) is 4.13. The van der Waals surface area contributed by atoms with Crippen molar-refractivity contribution in [3.8, 4) is 12.0 Å². The highest BCUT2D eigenvalue weighted by Crippen LogP contribution is 1.95. The number of carbonyl (C=O) groups is 1. The number of carbonyl (C=O) groups excluding carboxylic acids is 1. The van der Waals surface area contributed by atoms with Crippen LogP contribution in [0.15, 0.2) is 12.3 Å². The zero-order chi connectivity index (χ0) is 5.82. The van der Waals surface area contributed by atoms with Gasteiger partial charge < -0.3 is 9.53 Å². The van der Waals surface area contributed by atoms with E-state index in [1.165, 1.54) is 6.26 Å². The summed E-state index contributed by atoms with van der Waals surface area (Å²) in [7, 11) is 0. The molecule has 0 aromatic rings. The Morgan fingerprint density at radius 2 is 2.62 bits per heavy atom. The van der Waals surface area contributed by atoms with E-state index in [4.69, 9.17) is 0 Å². The van der Waals surface area contributed by atoms with Crippen LogP contribution < -0.4 is 0 Å². The lowest BCUT2D eigenvalue weighted by molar-refractivity contribution is -0.108. The van der Waals surface area contributed by atoms with Gasteiger partial charge in [0.1, 0.15) is 24.6 Å². The predicted octanol–water partition coefficient (Wildman–Crippen LogP) is 0.306. The Kier molecular flexibility index (Phi) is 1.34. The Balaban J connectivity index is 2.63. The molecule has 0 bridgehead atoms. The molecule has 2 nitrogen and oxygen atoms in total. The van der Waals surface area contributed by atoms with Gasteiger partial charge >= 0.3 is 0 Å². The first-order valence-electron chi connectivity index (χ1n) is 2.21. The van der Waals surface area contributed by atoms with E-state index >= 15 is 0 Å². The number of allylic oxidation sites excluding steroid dienone is 1. The third-order valence-corrected chi connectivity index (χ3v) is 0.785. The van der Waals surface area contributed by atoms with Crippen LogP contribution in [0.4, 0.5) is 0 Å². The van der Waals surface area contributed by atoms with Crippen LogP contribution in [-0.2, 0) is 9.53 Å². The van der Waals surface area contributed by atoms with Crippen molar-refractivity contribution in [2.24, 2.45) is 5.92 Å². The van der Waals surface area contributed by atoms with Gasteiger partial charge in [-0.3, -0.25) is 0 Å². The van der Waals surface area contributed by atoms with E-state index in [2.05, 4.69) is 16.8 Å². The van der Waals surface area contributed by atoms with Crippen molar-refractivity contribution < 1.29 is 9.53 Å². The molecule has 1 unspecified atom stereocenters. The maximum Gasteiger partial charge on any atom is 0.139 e. The SMILES string of the molecule is O=CC1C#COC=C1. The van der Waals surface area contributed by atoms with Gasteiger partial charge in [0.15, 0.2) is 0 Å². The van der Waals surface area contributed by atoms with Crippen LogP contribution in [-0.4, -0.2) is 6.29 Å². The van der Waals surface area contributed by atoms with Crippen LogP contribution in [0.1, 0.15) is 0 Å². The van der Waals surface area contributed by atoms with Gasteiger partial charge in [0, 0.05) is 0 Å². The summed E-state index contributed by atoms with van der Waals surface area (Å²) in [6.45, 7) is 0. The molecule has 1 rings (SSSR count). The second-order valence-electron chi connectivity index (χ2n) is 1.35. The van der Waals surface area contributed by atoms with Gasteiger partial charge in [-0.2, -0.15) is 0 Å². The summed E-state index contributed by atoms with van der Waals surface area (Å²) < 4.78 is 4.50. The van der Waals surface area contributed by atoms with Crippen LogP contribution in [0.25, 0.3) is 0 Å². The van der Waals surface area contributed by atoms with Crippen molar-refractivity contribution >= 4 is 6.29 Å². The maximum absolute atomic E-state index is 9.95. The summed E-state index contributed by atoms with van der Waals surface area (Å²) in [5, 5.41) is 0. The molecule has 1 atom stereocenters. The number of ether oxygens (including phenoxy) is 1. The summed E-state index contributed by atoms with van der Waals surface area (Å²) in [6, 6.07) is 0. The summed E-state index contributed by atoms with van der Waals surface area (Å²) in [5.74, 6) is 2.28. The van der Waals surface area contributed by atoms with E-state index in [9.17, 15) is 4.79 Å². The third kappa shape index (κ3) is 0.881. The van der Waals surface area contributed by atoms with Crippen LogP contribution in [0.3, 0.4) is 0 Å². The molecule has 1 heterocycles. The lowest BCUT2D eigenvalue weighted by atomic mass is 10.2. The average molecular weight is 108 g/mol. The minimum absolute atomic E-state index is 0.260. The normalized spacial score (nSPS) is 22.8. The lowest BCUT2D eigenvalue weighted by Crippen LogP contribution is -1.95. The fraction of sp³-hybridized carbons (Fsp3) is 0.167. The Morgan fingerprint density at radius 3 is 3.00 bits per heavy atom. The lowest BCUT2D eigenvalue weighted by Gasteiger charge is -1.94. The third-order valence-electron chi connectivity index (χ3n) is 0.785.